The quantitative estimate of drug-likeness (QED) is 0.846. The molecule has 2 atom stereocenters. The minimum Gasteiger partial charge on any atom is -0.460 e. The number of nitrogens with two attached hydrogens (primary N) is 1. The van der Waals surface area contributed by atoms with Crippen LogP contribution in [0.4, 0.5) is 4.79 Å². The third kappa shape index (κ3) is 6.05. The van der Waals surface area contributed by atoms with E-state index in [0.717, 1.165) is 18.4 Å². The number of nitrogens with zero attached hydrogens (tertiary/aromatic N) is 1. The van der Waals surface area contributed by atoms with Crippen molar-refractivity contribution in [2.45, 2.75) is 51.9 Å². The highest BCUT2D eigenvalue weighted by atomic mass is 16.6. The van der Waals surface area contributed by atoms with Crippen molar-refractivity contribution < 1.29 is 19.1 Å². The van der Waals surface area contributed by atoms with Crippen LogP contribution in [0.5, 0.6) is 0 Å². The fourth-order valence-electron chi connectivity index (χ4n) is 2.81. The highest BCUT2D eigenvalue weighted by molar-refractivity contribution is 5.76. The summed E-state index contributed by atoms with van der Waals surface area (Å²) >= 11 is 0. The normalized spacial score (nSPS) is 19.2. The Balaban J connectivity index is 1.86. The molecule has 25 heavy (non-hydrogen) atoms. The Morgan fingerprint density at radius 2 is 1.96 bits per heavy atom. The highest BCUT2D eigenvalue weighted by Gasteiger charge is 2.33. The molecule has 0 aliphatic carbocycles. The monoisotopic (exact) mass is 348 g/mol. The summed E-state index contributed by atoms with van der Waals surface area (Å²) in [5.41, 5.74) is 6.47. The van der Waals surface area contributed by atoms with Crippen molar-refractivity contribution in [3.8, 4) is 0 Å². The average molecular weight is 348 g/mol. The van der Waals surface area contributed by atoms with Gasteiger partial charge in [-0.25, -0.2) is 4.79 Å². The van der Waals surface area contributed by atoms with E-state index in [1.54, 1.807) is 4.90 Å². The number of carbonyl (C=O) groups is 2. The largest absolute Gasteiger partial charge is 0.460 e. The van der Waals surface area contributed by atoms with Crippen molar-refractivity contribution in [2.75, 3.05) is 13.1 Å². The molecule has 1 heterocycles. The maximum absolute atomic E-state index is 12.2. The summed E-state index contributed by atoms with van der Waals surface area (Å²) in [6.45, 7) is 6.74. The summed E-state index contributed by atoms with van der Waals surface area (Å²) in [5, 5.41) is 0. The molecule has 0 aromatic heterocycles. The van der Waals surface area contributed by atoms with Gasteiger partial charge in [-0.1, -0.05) is 30.3 Å². The van der Waals surface area contributed by atoms with Gasteiger partial charge in [-0.2, -0.15) is 0 Å². The average Bonchev–Trinajstić information content (AvgIpc) is 2.58. The van der Waals surface area contributed by atoms with Gasteiger partial charge in [0, 0.05) is 19.0 Å². The van der Waals surface area contributed by atoms with Crippen molar-refractivity contribution in [3.05, 3.63) is 35.9 Å². The van der Waals surface area contributed by atoms with Crippen molar-refractivity contribution in [3.63, 3.8) is 0 Å². The molecule has 0 spiro atoms. The van der Waals surface area contributed by atoms with Crippen LogP contribution in [0.25, 0.3) is 0 Å². The maximum atomic E-state index is 12.2. The van der Waals surface area contributed by atoms with Gasteiger partial charge in [0.2, 0.25) is 0 Å². The first-order chi connectivity index (χ1) is 11.8. The molecule has 6 heteroatoms. The van der Waals surface area contributed by atoms with Crippen LogP contribution in [0, 0.1) is 5.92 Å². The maximum Gasteiger partial charge on any atom is 0.410 e. The summed E-state index contributed by atoms with van der Waals surface area (Å²) in [5.74, 6) is -0.551. The fraction of sp³-hybridized carbons (Fsp3) is 0.579. The van der Waals surface area contributed by atoms with Crippen molar-refractivity contribution in [1.29, 1.82) is 0 Å². The Morgan fingerprint density at radius 3 is 2.60 bits per heavy atom. The number of likely N-dealkylation sites (tertiary alicyclic amines) is 1. The van der Waals surface area contributed by atoms with Crippen molar-refractivity contribution in [1.82, 2.24) is 4.90 Å². The summed E-state index contributed by atoms with van der Waals surface area (Å²) < 4.78 is 10.7. The van der Waals surface area contributed by atoms with Crippen LogP contribution in [-0.4, -0.2) is 41.7 Å². The SMILES string of the molecule is CC(C)(C)OC(=O)N1CCC[C@H](C(N)C(=O)OCc2ccccc2)C1. The second-order valence-electron chi connectivity index (χ2n) is 7.45. The first-order valence-corrected chi connectivity index (χ1v) is 8.70. The summed E-state index contributed by atoms with van der Waals surface area (Å²) in [6.07, 6.45) is 1.23. The minimum atomic E-state index is -0.742. The number of hydrogen-bond donors (Lipinski definition) is 1. The third-order valence-electron chi connectivity index (χ3n) is 4.11. The van der Waals surface area contributed by atoms with E-state index in [1.807, 2.05) is 51.1 Å². The lowest BCUT2D eigenvalue weighted by atomic mass is 9.91. The number of rotatable bonds is 4. The molecule has 1 aromatic carbocycles. The van der Waals surface area contributed by atoms with Gasteiger partial charge in [0.15, 0.2) is 0 Å². The number of carbonyl (C=O) groups excluding carboxylic acids is 2. The minimum absolute atomic E-state index is 0.121. The van der Waals surface area contributed by atoms with Gasteiger partial charge in [0.1, 0.15) is 18.2 Å². The van der Waals surface area contributed by atoms with Crippen LogP contribution in [0.3, 0.4) is 0 Å². The molecule has 1 unspecified atom stereocenters. The van der Waals surface area contributed by atoms with Gasteiger partial charge in [-0.3, -0.25) is 4.79 Å². The zero-order valence-electron chi connectivity index (χ0n) is 15.2. The van der Waals surface area contributed by atoms with Crippen LogP contribution >= 0.6 is 0 Å². The number of hydrogen-bond acceptors (Lipinski definition) is 5. The summed E-state index contributed by atoms with van der Waals surface area (Å²) in [6, 6.07) is 8.73. The molecule has 2 rings (SSSR count). The number of amides is 1. The zero-order chi connectivity index (χ0) is 18.4. The van der Waals surface area contributed by atoms with E-state index in [-0.39, 0.29) is 18.6 Å². The second kappa shape index (κ2) is 8.34. The van der Waals surface area contributed by atoms with E-state index in [1.165, 1.54) is 0 Å². The number of benzene rings is 1. The van der Waals surface area contributed by atoms with Crippen LogP contribution in [0.2, 0.25) is 0 Å². The van der Waals surface area contributed by atoms with Crippen molar-refractivity contribution in [2.24, 2.45) is 11.7 Å². The lowest BCUT2D eigenvalue weighted by molar-refractivity contribution is -0.148. The first-order valence-electron chi connectivity index (χ1n) is 8.70. The van der Waals surface area contributed by atoms with Crippen LogP contribution in [0.15, 0.2) is 30.3 Å². The van der Waals surface area contributed by atoms with E-state index in [2.05, 4.69) is 0 Å². The highest BCUT2D eigenvalue weighted by Crippen LogP contribution is 2.22. The molecule has 1 aliphatic rings. The molecule has 1 aliphatic heterocycles. The Labute approximate surface area is 149 Å². The molecule has 6 nitrogen and oxygen atoms in total. The third-order valence-corrected chi connectivity index (χ3v) is 4.11. The molecule has 1 saturated heterocycles. The van der Waals surface area contributed by atoms with Gasteiger partial charge in [-0.05, 0) is 39.2 Å². The predicted octanol–water partition coefficient (Wildman–Crippen LogP) is 2.70. The second-order valence-corrected chi connectivity index (χ2v) is 7.45. The molecule has 138 valence electrons. The lowest BCUT2D eigenvalue weighted by Crippen LogP contribution is -2.50. The molecule has 0 bridgehead atoms. The first kappa shape index (κ1) is 19.2. The smallest absolute Gasteiger partial charge is 0.410 e. The van der Waals surface area contributed by atoms with Crippen molar-refractivity contribution >= 4 is 12.1 Å². The zero-order valence-corrected chi connectivity index (χ0v) is 15.2. The molecule has 1 aromatic rings. The van der Waals surface area contributed by atoms with Crippen LogP contribution in [0.1, 0.15) is 39.2 Å². The molecule has 1 amide bonds. The van der Waals surface area contributed by atoms with Gasteiger partial charge in [0.05, 0.1) is 0 Å². The predicted molar refractivity (Wildman–Crippen MR) is 94.7 cm³/mol. The Kier molecular flexibility index (Phi) is 6.42. The lowest BCUT2D eigenvalue weighted by Gasteiger charge is -2.35. The summed E-state index contributed by atoms with van der Waals surface area (Å²) in [7, 11) is 0. The Hall–Kier alpha value is -2.08. The molecule has 0 radical (unpaired) electrons. The molecule has 2 N–H and O–H groups in total. The number of ether oxygens (including phenoxy) is 2. The summed E-state index contributed by atoms with van der Waals surface area (Å²) in [4.78, 5) is 26.1. The molecule has 1 fully saturated rings. The number of esters is 1. The van der Waals surface area contributed by atoms with Gasteiger partial charge >= 0.3 is 12.1 Å². The van der Waals surface area contributed by atoms with E-state index in [9.17, 15) is 9.59 Å². The van der Waals surface area contributed by atoms with E-state index >= 15 is 0 Å². The van der Waals surface area contributed by atoms with Crippen LogP contribution < -0.4 is 5.73 Å². The number of piperidine rings is 1. The van der Waals surface area contributed by atoms with E-state index in [4.69, 9.17) is 15.2 Å². The molecule has 0 saturated carbocycles. The van der Waals surface area contributed by atoms with E-state index < -0.39 is 17.6 Å². The van der Waals surface area contributed by atoms with Gasteiger partial charge < -0.3 is 20.1 Å². The fourth-order valence-corrected chi connectivity index (χ4v) is 2.81. The molecular weight excluding hydrogens is 320 g/mol. The van der Waals surface area contributed by atoms with Gasteiger partial charge in [0.25, 0.3) is 0 Å². The molecular formula is C19H28N2O4. The Morgan fingerprint density at radius 1 is 1.28 bits per heavy atom. The standard InChI is InChI=1S/C19H28N2O4/c1-19(2,3)25-18(23)21-11-7-10-15(12-21)16(20)17(22)24-13-14-8-5-4-6-9-14/h4-6,8-9,15-16H,7,10-13,20H2,1-3H3/t15-,16?/m0/s1. The Bertz CT molecular complexity index is 583. The van der Waals surface area contributed by atoms with Gasteiger partial charge in [-0.15, -0.1) is 0 Å². The van der Waals surface area contributed by atoms with Crippen LogP contribution in [-0.2, 0) is 20.9 Å². The topological polar surface area (TPSA) is 81.9 Å². The van der Waals surface area contributed by atoms with E-state index in [0.29, 0.717) is 13.1 Å².